The van der Waals surface area contributed by atoms with Crippen molar-refractivity contribution in [3.63, 3.8) is 0 Å². The van der Waals surface area contributed by atoms with Crippen LogP contribution in [0.3, 0.4) is 0 Å². The van der Waals surface area contributed by atoms with Gasteiger partial charge in [-0.1, -0.05) is 55.7 Å². The summed E-state index contributed by atoms with van der Waals surface area (Å²) in [5.41, 5.74) is -0.347. The largest absolute Gasteiger partial charge is 0.495 e. The highest BCUT2D eigenvalue weighted by Crippen LogP contribution is 2.49. The topological polar surface area (TPSA) is 167 Å². The highest BCUT2D eigenvalue weighted by Gasteiger charge is 2.64. The van der Waals surface area contributed by atoms with Gasteiger partial charge in [-0.3, -0.25) is 19.7 Å². The van der Waals surface area contributed by atoms with Crippen molar-refractivity contribution in [1.29, 1.82) is 0 Å². The number of fused-ring (bicyclic) bond motifs is 5. The number of alkyl carbamates (subject to hydrolysis) is 1. The lowest BCUT2D eigenvalue weighted by molar-refractivity contribution is -0.154. The van der Waals surface area contributed by atoms with Crippen LogP contribution in [0.15, 0.2) is 35.9 Å². The van der Waals surface area contributed by atoms with Crippen LogP contribution in [0.2, 0.25) is 5.02 Å². The van der Waals surface area contributed by atoms with Crippen molar-refractivity contribution in [1.82, 2.24) is 10.2 Å². The third-order valence-electron chi connectivity index (χ3n) is 11.9. The molecule has 1 aromatic rings. The maximum atomic E-state index is 14.1. The van der Waals surface area contributed by atoms with E-state index in [2.05, 4.69) is 10.2 Å². The summed E-state index contributed by atoms with van der Waals surface area (Å²) < 4.78 is 23.7. The number of hydrogen-bond acceptors (Lipinski definition) is 10. The fourth-order valence-corrected chi connectivity index (χ4v) is 8.61. The van der Waals surface area contributed by atoms with Crippen molar-refractivity contribution in [3.8, 4) is 5.75 Å². The number of likely N-dealkylation sites (tertiary alicyclic amines) is 1. The van der Waals surface area contributed by atoms with Gasteiger partial charge in [-0.25, -0.2) is 4.79 Å². The van der Waals surface area contributed by atoms with Crippen molar-refractivity contribution in [3.05, 3.63) is 46.5 Å². The molecule has 14 heteroatoms. The molecule has 0 unspecified atom stereocenters. The van der Waals surface area contributed by atoms with Crippen molar-refractivity contribution in [2.45, 2.75) is 122 Å². The molecule has 0 saturated carbocycles. The van der Waals surface area contributed by atoms with Crippen LogP contribution in [0.5, 0.6) is 5.75 Å². The normalized spacial score (nSPS) is 32.3. The van der Waals surface area contributed by atoms with E-state index in [9.17, 15) is 29.4 Å². The van der Waals surface area contributed by atoms with Crippen LogP contribution in [0, 0.1) is 17.8 Å². The Bertz CT molecular complexity index is 1640. The molecule has 7 atom stereocenters. The van der Waals surface area contributed by atoms with E-state index in [4.69, 9.17) is 30.5 Å². The van der Waals surface area contributed by atoms with E-state index in [1.165, 1.54) is 12.0 Å². The number of rotatable bonds is 10. The van der Waals surface area contributed by atoms with Crippen LogP contribution in [0.4, 0.5) is 10.5 Å². The molecule has 55 heavy (non-hydrogen) atoms. The lowest BCUT2D eigenvalue weighted by Gasteiger charge is -2.42. The Morgan fingerprint density at radius 3 is 2.55 bits per heavy atom. The first-order chi connectivity index (χ1) is 26.1. The monoisotopic (exact) mass is 787 g/mol. The number of halogens is 1. The second kappa shape index (κ2) is 18.1. The highest BCUT2D eigenvalue weighted by atomic mass is 35.5. The van der Waals surface area contributed by atoms with Gasteiger partial charge in [0, 0.05) is 31.7 Å². The molecule has 304 valence electrons. The number of carbonyl (C=O) groups excluding carboxylic acids is 3. The Morgan fingerprint density at radius 2 is 1.87 bits per heavy atom. The number of amides is 2. The molecule has 0 radical (unpaired) electrons. The Kier molecular flexibility index (Phi) is 14.0. The SMILES string of the molecule is CC[C@@H]1/C=C/C=C(\C)Cc2cc(OC)c(Cl)c(c2)N(C)C(=O)C[C@H](OC(=O)CCCCCN2CCC(C(=O)O)CC2)[C@]2(C)O[C@H]2[C@H](C)[C@@H]2C[C@@]1(O)NC(=O)O2. The highest BCUT2D eigenvalue weighted by molar-refractivity contribution is 6.35. The third kappa shape index (κ3) is 10.2. The summed E-state index contributed by atoms with van der Waals surface area (Å²) in [7, 11) is 3.14. The fraction of sp³-hybridized carbons (Fsp3) is 0.659. The van der Waals surface area contributed by atoms with Crippen LogP contribution < -0.4 is 15.0 Å². The molecule has 4 heterocycles. The summed E-state index contributed by atoms with van der Waals surface area (Å²) in [5, 5.41) is 24.0. The standard InChI is InChI=1S/C41H58ClN3O10/c1-7-29-13-11-12-25(2)20-27-21-30(36(42)31(22-27)52-6)44(5)34(46)23-33(40(4)37(55-40)26(3)32-24-41(29,51)43-39(50)53-32)54-35(47)14-9-8-10-17-45-18-15-28(16-19-45)38(48)49/h11-13,21-22,26,28-29,32-33,37,51H,7-10,14-20,23-24H2,1-6H3,(H,43,50)(H,48,49)/b13-11+,25-12+/t26-,29-,32+,33+,37+,40+,41+/m1/s1. The number of aliphatic hydroxyl groups is 1. The van der Waals surface area contributed by atoms with Crippen molar-refractivity contribution < 1.29 is 48.3 Å². The molecule has 0 spiro atoms. The maximum absolute atomic E-state index is 14.1. The Balaban J connectivity index is 1.36. The average Bonchev–Trinajstić information content (AvgIpc) is 3.84. The lowest BCUT2D eigenvalue weighted by Crippen LogP contribution is -2.61. The van der Waals surface area contributed by atoms with Gasteiger partial charge >= 0.3 is 18.0 Å². The van der Waals surface area contributed by atoms with Gasteiger partial charge in [-0.2, -0.15) is 0 Å². The van der Waals surface area contributed by atoms with E-state index < -0.39 is 59.5 Å². The molecule has 0 aromatic heterocycles. The number of esters is 1. The Labute approximate surface area is 329 Å². The average molecular weight is 788 g/mol. The quantitative estimate of drug-likeness (QED) is 0.144. The maximum Gasteiger partial charge on any atom is 0.409 e. The first-order valence-electron chi connectivity index (χ1n) is 19.6. The van der Waals surface area contributed by atoms with Gasteiger partial charge in [0.05, 0.1) is 31.2 Å². The van der Waals surface area contributed by atoms with Gasteiger partial charge < -0.3 is 39.0 Å². The lowest BCUT2D eigenvalue weighted by atomic mass is 9.80. The molecule has 4 aliphatic rings. The zero-order valence-corrected chi connectivity index (χ0v) is 33.7. The third-order valence-corrected chi connectivity index (χ3v) is 12.3. The van der Waals surface area contributed by atoms with E-state index >= 15 is 0 Å². The number of ether oxygens (including phenoxy) is 4. The van der Waals surface area contributed by atoms with Crippen LogP contribution in [-0.4, -0.2) is 102 Å². The summed E-state index contributed by atoms with van der Waals surface area (Å²) in [6.07, 6.45) is 7.43. The summed E-state index contributed by atoms with van der Waals surface area (Å²) >= 11 is 6.78. The molecule has 3 N–H and O–H groups in total. The first kappa shape index (κ1) is 42.5. The van der Waals surface area contributed by atoms with E-state index in [1.54, 1.807) is 14.0 Å². The summed E-state index contributed by atoms with van der Waals surface area (Å²) in [6.45, 7) is 9.95. The zero-order valence-electron chi connectivity index (χ0n) is 33.0. The number of carboxylic acid groups (broad SMARTS) is 1. The molecular weight excluding hydrogens is 730 g/mol. The van der Waals surface area contributed by atoms with Gasteiger partial charge in [0.25, 0.3) is 0 Å². The number of piperidine rings is 1. The molecule has 4 bridgehead atoms. The predicted octanol–water partition coefficient (Wildman–Crippen LogP) is 6.04. The van der Waals surface area contributed by atoms with Gasteiger partial charge in [-0.05, 0) is 89.7 Å². The Hall–Kier alpha value is -3.65. The number of unbranched alkanes of at least 4 members (excludes halogenated alkanes) is 2. The van der Waals surface area contributed by atoms with Gasteiger partial charge in [0.1, 0.15) is 34.3 Å². The number of hydrogen-bond donors (Lipinski definition) is 3. The summed E-state index contributed by atoms with van der Waals surface area (Å²) in [5.74, 6) is -2.22. The van der Waals surface area contributed by atoms with E-state index in [-0.39, 0.29) is 36.1 Å². The molecule has 3 saturated heterocycles. The second-order valence-electron chi connectivity index (χ2n) is 15.9. The minimum Gasteiger partial charge on any atom is -0.495 e. The molecular formula is C41H58ClN3O10. The molecule has 13 nitrogen and oxygen atoms in total. The molecule has 1 aromatic carbocycles. The van der Waals surface area contributed by atoms with Crippen LogP contribution in [-0.2, 0) is 35.0 Å². The predicted molar refractivity (Wildman–Crippen MR) is 207 cm³/mol. The summed E-state index contributed by atoms with van der Waals surface area (Å²) in [6, 6.07) is 3.68. The van der Waals surface area contributed by atoms with Crippen molar-refractivity contribution in [2.75, 3.05) is 38.7 Å². The molecule has 0 aliphatic carbocycles. The number of allylic oxidation sites excluding steroid dienone is 3. The molecule has 3 fully saturated rings. The molecule has 2 amide bonds. The molecule has 4 aliphatic heterocycles. The smallest absolute Gasteiger partial charge is 0.409 e. The van der Waals surface area contributed by atoms with E-state index in [1.807, 2.05) is 51.1 Å². The van der Waals surface area contributed by atoms with E-state index in [0.717, 1.165) is 43.6 Å². The van der Waals surface area contributed by atoms with Gasteiger partial charge in [-0.15, -0.1) is 0 Å². The number of anilines is 1. The minimum atomic E-state index is -1.58. The minimum absolute atomic E-state index is 0.106. The van der Waals surface area contributed by atoms with Crippen LogP contribution in [0.25, 0.3) is 0 Å². The fourth-order valence-electron chi connectivity index (χ4n) is 8.30. The number of carboxylic acids is 1. The van der Waals surface area contributed by atoms with Crippen LogP contribution in [0.1, 0.15) is 91.0 Å². The summed E-state index contributed by atoms with van der Waals surface area (Å²) in [4.78, 5) is 55.4. The number of nitrogens with one attached hydrogen (secondary N) is 1. The number of carbonyl (C=O) groups is 4. The first-order valence-corrected chi connectivity index (χ1v) is 20.0. The van der Waals surface area contributed by atoms with E-state index in [0.29, 0.717) is 43.5 Å². The Morgan fingerprint density at radius 1 is 1.15 bits per heavy atom. The number of methoxy groups -OCH3 is 1. The number of nitrogens with zero attached hydrogens (tertiary/aromatic N) is 2. The van der Waals surface area contributed by atoms with Crippen LogP contribution >= 0.6 is 11.6 Å². The number of epoxide rings is 1. The number of aliphatic carboxylic acids is 1. The van der Waals surface area contributed by atoms with Crippen molar-refractivity contribution in [2.24, 2.45) is 17.8 Å². The van der Waals surface area contributed by atoms with Crippen molar-refractivity contribution >= 4 is 41.2 Å². The zero-order chi connectivity index (χ0) is 40.1. The second-order valence-corrected chi connectivity index (χ2v) is 16.3. The van der Waals surface area contributed by atoms with Gasteiger partial charge in [0.15, 0.2) is 0 Å². The molecule has 5 rings (SSSR count). The van der Waals surface area contributed by atoms with Gasteiger partial charge in [0.2, 0.25) is 5.91 Å². The number of benzene rings is 1.